The standard InChI is InChI=1S/C16H14N2O3S/c1-11(19)17-13-5-2-3-6-14(13)20-9-12-10-21-16(18-12)15-7-4-8-22-15/h2-8,10H,9H2,1H3,(H,17,19). The van der Waals surface area contributed by atoms with Crippen molar-refractivity contribution in [2.75, 3.05) is 5.32 Å². The van der Waals surface area contributed by atoms with Crippen LogP contribution in [0.25, 0.3) is 10.8 Å². The summed E-state index contributed by atoms with van der Waals surface area (Å²) in [6.07, 6.45) is 1.58. The lowest BCUT2D eigenvalue weighted by Crippen LogP contribution is -2.07. The number of hydrogen-bond acceptors (Lipinski definition) is 5. The van der Waals surface area contributed by atoms with Crippen LogP contribution in [0.5, 0.6) is 5.75 Å². The Morgan fingerprint density at radius 2 is 2.18 bits per heavy atom. The molecule has 1 amide bonds. The summed E-state index contributed by atoms with van der Waals surface area (Å²) in [6, 6.07) is 11.2. The van der Waals surface area contributed by atoms with E-state index < -0.39 is 0 Å². The van der Waals surface area contributed by atoms with E-state index in [0.29, 0.717) is 23.0 Å². The number of aromatic nitrogens is 1. The number of carbonyl (C=O) groups excluding carboxylic acids is 1. The Labute approximate surface area is 131 Å². The van der Waals surface area contributed by atoms with Crippen molar-refractivity contribution >= 4 is 22.9 Å². The zero-order valence-corrected chi connectivity index (χ0v) is 12.7. The van der Waals surface area contributed by atoms with Crippen molar-refractivity contribution in [2.24, 2.45) is 0 Å². The van der Waals surface area contributed by atoms with Crippen LogP contribution < -0.4 is 10.1 Å². The van der Waals surface area contributed by atoms with Gasteiger partial charge in [0.25, 0.3) is 0 Å². The minimum absolute atomic E-state index is 0.141. The monoisotopic (exact) mass is 314 g/mol. The van der Waals surface area contributed by atoms with Crippen molar-refractivity contribution in [3.8, 4) is 16.5 Å². The van der Waals surface area contributed by atoms with Crippen LogP contribution in [0, 0.1) is 0 Å². The average molecular weight is 314 g/mol. The molecule has 1 N–H and O–H groups in total. The zero-order chi connectivity index (χ0) is 15.4. The Morgan fingerprint density at radius 3 is 2.95 bits per heavy atom. The van der Waals surface area contributed by atoms with E-state index in [2.05, 4.69) is 10.3 Å². The summed E-state index contributed by atoms with van der Waals surface area (Å²) in [6.45, 7) is 1.73. The van der Waals surface area contributed by atoms with Crippen LogP contribution in [-0.2, 0) is 11.4 Å². The number of rotatable bonds is 5. The Hall–Kier alpha value is -2.60. The first-order valence-corrected chi connectivity index (χ1v) is 7.58. The summed E-state index contributed by atoms with van der Waals surface area (Å²) in [5.41, 5.74) is 1.33. The molecule has 1 aromatic carbocycles. The van der Waals surface area contributed by atoms with Gasteiger partial charge in [-0.3, -0.25) is 4.79 Å². The van der Waals surface area contributed by atoms with E-state index in [0.717, 1.165) is 4.88 Å². The summed E-state index contributed by atoms with van der Waals surface area (Å²) in [5, 5.41) is 4.70. The van der Waals surface area contributed by atoms with Crippen molar-refractivity contribution in [1.82, 2.24) is 4.98 Å². The molecule has 0 aliphatic carbocycles. The highest BCUT2D eigenvalue weighted by Crippen LogP contribution is 2.26. The molecule has 0 atom stereocenters. The van der Waals surface area contributed by atoms with Gasteiger partial charge in [-0.05, 0) is 23.6 Å². The predicted molar refractivity (Wildman–Crippen MR) is 84.9 cm³/mol. The molecule has 0 aliphatic rings. The number of thiophene rings is 1. The van der Waals surface area contributed by atoms with Gasteiger partial charge in [0, 0.05) is 6.92 Å². The fourth-order valence-corrected chi connectivity index (χ4v) is 2.58. The van der Waals surface area contributed by atoms with Gasteiger partial charge >= 0.3 is 0 Å². The second-order valence-electron chi connectivity index (χ2n) is 4.59. The van der Waals surface area contributed by atoms with Crippen LogP contribution in [0.15, 0.2) is 52.5 Å². The van der Waals surface area contributed by atoms with Gasteiger partial charge in [0.05, 0.1) is 10.6 Å². The highest BCUT2D eigenvalue weighted by atomic mass is 32.1. The highest BCUT2D eigenvalue weighted by Gasteiger charge is 2.09. The van der Waals surface area contributed by atoms with E-state index >= 15 is 0 Å². The molecular weight excluding hydrogens is 300 g/mol. The lowest BCUT2D eigenvalue weighted by atomic mass is 10.3. The lowest BCUT2D eigenvalue weighted by Gasteiger charge is -2.10. The Bertz CT molecular complexity index is 765. The Kier molecular flexibility index (Phi) is 4.20. The number of ether oxygens (including phenoxy) is 1. The quantitative estimate of drug-likeness (QED) is 0.774. The normalized spacial score (nSPS) is 10.4. The molecule has 0 bridgehead atoms. The van der Waals surface area contributed by atoms with E-state index in [9.17, 15) is 4.79 Å². The molecular formula is C16H14N2O3S. The number of hydrogen-bond donors (Lipinski definition) is 1. The summed E-state index contributed by atoms with van der Waals surface area (Å²) >= 11 is 1.57. The zero-order valence-electron chi connectivity index (χ0n) is 11.9. The van der Waals surface area contributed by atoms with Crippen LogP contribution >= 0.6 is 11.3 Å². The molecule has 0 saturated heterocycles. The molecule has 6 heteroatoms. The van der Waals surface area contributed by atoms with E-state index in [1.807, 2.05) is 29.6 Å². The second-order valence-corrected chi connectivity index (χ2v) is 5.54. The summed E-state index contributed by atoms with van der Waals surface area (Å²) in [7, 11) is 0. The Balaban J connectivity index is 1.69. The number of carbonyl (C=O) groups is 1. The van der Waals surface area contributed by atoms with Gasteiger partial charge in [-0.15, -0.1) is 11.3 Å². The topological polar surface area (TPSA) is 64.4 Å². The fourth-order valence-electron chi connectivity index (χ4n) is 1.92. The fraction of sp³-hybridized carbons (Fsp3) is 0.125. The maximum atomic E-state index is 11.2. The molecule has 0 fully saturated rings. The molecule has 0 unspecified atom stereocenters. The van der Waals surface area contributed by atoms with E-state index in [-0.39, 0.29) is 12.5 Å². The molecule has 3 aromatic rings. The summed E-state index contributed by atoms with van der Waals surface area (Å²) in [4.78, 5) is 16.5. The summed E-state index contributed by atoms with van der Waals surface area (Å²) < 4.78 is 11.2. The van der Waals surface area contributed by atoms with Crippen molar-refractivity contribution in [3.63, 3.8) is 0 Å². The second kappa shape index (κ2) is 6.44. The van der Waals surface area contributed by atoms with Crippen molar-refractivity contribution in [2.45, 2.75) is 13.5 Å². The molecule has 0 aliphatic heterocycles. The average Bonchev–Trinajstić information content (AvgIpc) is 3.17. The van der Waals surface area contributed by atoms with Gasteiger partial charge in [0.1, 0.15) is 24.3 Å². The number of para-hydroxylation sites is 2. The van der Waals surface area contributed by atoms with Crippen LogP contribution in [-0.4, -0.2) is 10.9 Å². The van der Waals surface area contributed by atoms with Gasteiger partial charge in [0.15, 0.2) is 0 Å². The number of nitrogens with one attached hydrogen (secondary N) is 1. The molecule has 0 radical (unpaired) electrons. The third-order valence-corrected chi connectivity index (χ3v) is 3.71. The third-order valence-electron chi connectivity index (χ3n) is 2.86. The molecule has 3 rings (SSSR count). The first-order valence-electron chi connectivity index (χ1n) is 6.70. The van der Waals surface area contributed by atoms with Gasteiger partial charge < -0.3 is 14.5 Å². The van der Waals surface area contributed by atoms with Crippen LogP contribution in [0.1, 0.15) is 12.6 Å². The van der Waals surface area contributed by atoms with Gasteiger partial charge in [-0.25, -0.2) is 4.98 Å². The van der Waals surface area contributed by atoms with Crippen LogP contribution in [0.4, 0.5) is 5.69 Å². The maximum Gasteiger partial charge on any atom is 0.236 e. The number of nitrogens with zero attached hydrogens (tertiary/aromatic N) is 1. The van der Waals surface area contributed by atoms with Crippen LogP contribution in [0.2, 0.25) is 0 Å². The van der Waals surface area contributed by atoms with E-state index in [1.54, 1.807) is 29.7 Å². The SMILES string of the molecule is CC(=O)Nc1ccccc1OCc1coc(-c2cccs2)n1. The predicted octanol–water partition coefficient (Wildman–Crippen LogP) is 3.94. The Morgan fingerprint density at radius 1 is 1.32 bits per heavy atom. The van der Waals surface area contributed by atoms with Gasteiger partial charge in [-0.2, -0.15) is 0 Å². The molecule has 5 nitrogen and oxygen atoms in total. The van der Waals surface area contributed by atoms with E-state index in [1.165, 1.54) is 6.92 Å². The number of amides is 1. The van der Waals surface area contributed by atoms with Crippen molar-refractivity contribution < 1.29 is 13.9 Å². The molecule has 2 aromatic heterocycles. The largest absolute Gasteiger partial charge is 0.485 e. The molecule has 0 spiro atoms. The number of anilines is 1. The van der Waals surface area contributed by atoms with Gasteiger partial charge in [-0.1, -0.05) is 18.2 Å². The third kappa shape index (κ3) is 3.35. The van der Waals surface area contributed by atoms with Crippen molar-refractivity contribution in [1.29, 1.82) is 0 Å². The van der Waals surface area contributed by atoms with Gasteiger partial charge in [0.2, 0.25) is 11.8 Å². The van der Waals surface area contributed by atoms with Crippen LogP contribution in [0.3, 0.4) is 0 Å². The minimum atomic E-state index is -0.141. The van der Waals surface area contributed by atoms with E-state index in [4.69, 9.17) is 9.15 Å². The first kappa shape index (κ1) is 14.3. The van der Waals surface area contributed by atoms with Crippen molar-refractivity contribution in [3.05, 3.63) is 53.7 Å². The molecule has 2 heterocycles. The smallest absolute Gasteiger partial charge is 0.236 e. The molecule has 22 heavy (non-hydrogen) atoms. The number of oxazole rings is 1. The number of benzene rings is 1. The highest BCUT2D eigenvalue weighted by molar-refractivity contribution is 7.13. The molecule has 0 saturated carbocycles. The molecule has 112 valence electrons. The maximum absolute atomic E-state index is 11.2. The summed E-state index contributed by atoms with van der Waals surface area (Å²) in [5.74, 6) is 1.04. The minimum Gasteiger partial charge on any atom is -0.485 e. The first-order chi connectivity index (χ1) is 10.7. The lowest BCUT2D eigenvalue weighted by molar-refractivity contribution is -0.114.